The van der Waals surface area contributed by atoms with Crippen molar-refractivity contribution in [3.8, 4) is 22.8 Å². The van der Waals surface area contributed by atoms with Crippen molar-refractivity contribution < 1.29 is 9.47 Å². The van der Waals surface area contributed by atoms with E-state index in [0.717, 1.165) is 84.5 Å². The molecule has 3 heterocycles. The van der Waals surface area contributed by atoms with E-state index < -0.39 is 0 Å². The molecule has 0 spiro atoms. The molecule has 41 heavy (non-hydrogen) atoms. The molecule has 0 unspecified atom stereocenters. The smallest absolute Gasteiger partial charge is 0.227 e. The molecule has 3 aliphatic rings. The Bertz CT molecular complexity index is 1390. The van der Waals surface area contributed by atoms with Gasteiger partial charge in [0, 0.05) is 54.3 Å². The zero-order valence-electron chi connectivity index (χ0n) is 25.4. The molecule has 3 aromatic rings. The van der Waals surface area contributed by atoms with Crippen LogP contribution in [0.5, 0.6) is 11.5 Å². The molecular weight excluding hydrogens is 512 g/mol. The van der Waals surface area contributed by atoms with E-state index in [9.17, 15) is 0 Å². The van der Waals surface area contributed by atoms with Crippen LogP contribution in [-0.4, -0.2) is 74.4 Å². The molecule has 1 saturated carbocycles. The van der Waals surface area contributed by atoms with Crippen LogP contribution < -0.4 is 24.6 Å². The summed E-state index contributed by atoms with van der Waals surface area (Å²) in [5, 5.41) is 3.47. The average Bonchev–Trinajstić information content (AvgIpc) is 3.82. The lowest BCUT2D eigenvalue weighted by atomic mass is 9.99. The number of aryl methyl sites for hydroxylation is 1. The maximum atomic E-state index is 6.10. The van der Waals surface area contributed by atoms with Gasteiger partial charge in [-0.3, -0.25) is 0 Å². The van der Waals surface area contributed by atoms with Gasteiger partial charge in [-0.1, -0.05) is 0 Å². The molecule has 1 N–H and O–H groups in total. The van der Waals surface area contributed by atoms with Crippen molar-refractivity contribution in [3.63, 3.8) is 0 Å². The predicted octanol–water partition coefficient (Wildman–Crippen LogP) is 6.22. The highest BCUT2D eigenvalue weighted by molar-refractivity contribution is 5.77. The summed E-state index contributed by atoms with van der Waals surface area (Å²) in [6.45, 7) is 10.3. The van der Waals surface area contributed by atoms with Gasteiger partial charge in [-0.15, -0.1) is 0 Å². The maximum absolute atomic E-state index is 6.10. The summed E-state index contributed by atoms with van der Waals surface area (Å²) in [4.78, 5) is 17.1. The lowest BCUT2D eigenvalue weighted by molar-refractivity contribution is 0.249. The quantitative estimate of drug-likeness (QED) is 0.351. The SMILES string of the molecule is COc1cc(Nc2ncc(C3CC3)c(-c3cc(C)c4c(c3)N(C(C)C)CCO4)n2)ccc1N1CCC(N(C)C)CC1. The van der Waals surface area contributed by atoms with Crippen molar-refractivity contribution in [1.82, 2.24) is 14.9 Å². The highest BCUT2D eigenvalue weighted by Gasteiger charge is 2.30. The second-order valence-corrected chi connectivity index (χ2v) is 12.2. The number of nitrogens with zero attached hydrogens (tertiary/aromatic N) is 5. The third-order valence-electron chi connectivity index (χ3n) is 8.85. The molecule has 2 aromatic carbocycles. The number of ether oxygens (including phenoxy) is 2. The monoisotopic (exact) mass is 556 g/mol. The summed E-state index contributed by atoms with van der Waals surface area (Å²) in [7, 11) is 6.10. The molecule has 0 amide bonds. The summed E-state index contributed by atoms with van der Waals surface area (Å²) in [5.74, 6) is 2.99. The van der Waals surface area contributed by atoms with Crippen molar-refractivity contribution >= 4 is 23.0 Å². The molecule has 2 fully saturated rings. The summed E-state index contributed by atoms with van der Waals surface area (Å²) in [6, 6.07) is 11.8. The van der Waals surface area contributed by atoms with E-state index in [2.05, 4.69) is 85.2 Å². The second kappa shape index (κ2) is 11.4. The molecule has 1 aromatic heterocycles. The Balaban J connectivity index is 1.29. The zero-order valence-corrected chi connectivity index (χ0v) is 25.4. The number of methoxy groups -OCH3 is 1. The van der Waals surface area contributed by atoms with Crippen LogP contribution in [0, 0.1) is 6.92 Å². The van der Waals surface area contributed by atoms with E-state index in [0.29, 0.717) is 23.9 Å². The van der Waals surface area contributed by atoms with Crippen molar-refractivity contribution in [2.45, 2.75) is 64.5 Å². The Hall–Kier alpha value is -3.52. The molecule has 1 saturated heterocycles. The molecule has 0 bridgehead atoms. The molecule has 0 atom stereocenters. The number of hydrogen-bond acceptors (Lipinski definition) is 8. The topological polar surface area (TPSA) is 66.0 Å². The van der Waals surface area contributed by atoms with E-state index in [4.69, 9.17) is 19.4 Å². The molecule has 218 valence electrons. The predicted molar refractivity (Wildman–Crippen MR) is 167 cm³/mol. The van der Waals surface area contributed by atoms with Gasteiger partial charge in [0.2, 0.25) is 5.95 Å². The van der Waals surface area contributed by atoms with Gasteiger partial charge in [-0.2, -0.15) is 0 Å². The van der Waals surface area contributed by atoms with Gasteiger partial charge < -0.3 is 29.5 Å². The van der Waals surface area contributed by atoms with Gasteiger partial charge in [0.25, 0.3) is 0 Å². The molecule has 8 nitrogen and oxygen atoms in total. The van der Waals surface area contributed by atoms with Crippen LogP contribution in [0.3, 0.4) is 0 Å². The van der Waals surface area contributed by atoms with Crippen LogP contribution in [0.1, 0.15) is 56.6 Å². The normalized spacial score (nSPS) is 17.6. The van der Waals surface area contributed by atoms with Crippen molar-refractivity contribution in [2.75, 3.05) is 62.6 Å². The lowest BCUT2D eigenvalue weighted by Crippen LogP contribution is -2.42. The molecule has 2 aliphatic heterocycles. The largest absolute Gasteiger partial charge is 0.495 e. The number of nitrogens with one attached hydrogen (secondary N) is 1. The van der Waals surface area contributed by atoms with E-state index in [-0.39, 0.29) is 0 Å². The summed E-state index contributed by atoms with van der Waals surface area (Å²) >= 11 is 0. The van der Waals surface area contributed by atoms with Crippen LogP contribution >= 0.6 is 0 Å². The Kier molecular flexibility index (Phi) is 7.68. The lowest BCUT2D eigenvalue weighted by Gasteiger charge is -2.37. The zero-order chi connectivity index (χ0) is 28.7. The van der Waals surface area contributed by atoms with Gasteiger partial charge in [0.15, 0.2) is 0 Å². The van der Waals surface area contributed by atoms with Gasteiger partial charge in [0.1, 0.15) is 18.1 Å². The van der Waals surface area contributed by atoms with E-state index >= 15 is 0 Å². The fourth-order valence-corrected chi connectivity index (χ4v) is 6.34. The number of fused-ring (bicyclic) bond motifs is 1. The fourth-order valence-electron chi connectivity index (χ4n) is 6.34. The van der Waals surface area contributed by atoms with Crippen LogP contribution in [0.2, 0.25) is 0 Å². The fraction of sp³-hybridized carbons (Fsp3) is 0.515. The number of rotatable bonds is 8. The van der Waals surface area contributed by atoms with E-state index in [1.54, 1.807) is 7.11 Å². The van der Waals surface area contributed by atoms with Crippen molar-refractivity contribution in [1.29, 1.82) is 0 Å². The first-order valence-corrected chi connectivity index (χ1v) is 15.1. The summed E-state index contributed by atoms with van der Waals surface area (Å²) in [5.41, 5.74) is 7.73. The molecular formula is C33H44N6O2. The maximum Gasteiger partial charge on any atom is 0.227 e. The number of benzene rings is 2. The van der Waals surface area contributed by atoms with E-state index in [1.807, 2.05) is 6.20 Å². The first-order chi connectivity index (χ1) is 19.8. The van der Waals surface area contributed by atoms with Crippen LogP contribution in [0.15, 0.2) is 36.5 Å². The molecule has 6 rings (SSSR count). The summed E-state index contributed by atoms with van der Waals surface area (Å²) in [6.07, 6.45) is 6.72. The van der Waals surface area contributed by atoms with Gasteiger partial charge >= 0.3 is 0 Å². The van der Waals surface area contributed by atoms with Gasteiger partial charge in [0.05, 0.1) is 30.7 Å². The van der Waals surface area contributed by atoms with Crippen molar-refractivity contribution in [2.24, 2.45) is 0 Å². The third kappa shape index (κ3) is 5.67. The highest BCUT2D eigenvalue weighted by atomic mass is 16.5. The molecule has 8 heteroatoms. The second-order valence-electron chi connectivity index (χ2n) is 12.2. The van der Waals surface area contributed by atoms with Crippen molar-refractivity contribution in [3.05, 3.63) is 47.7 Å². The number of hydrogen-bond donors (Lipinski definition) is 1. The average molecular weight is 557 g/mol. The minimum Gasteiger partial charge on any atom is -0.495 e. The molecule has 0 radical (unpaired) electrons. The first kappa shape index (κ1) is 27.6. The van der Waals surface area contributed by atoms with Crippen LogP contribution in [-0.2, 0) is 0 Å². The van der Waals surface area contributed by atoms with Gasteiger partial charge in [-0.05, 0) is 96.3 Å². The number of piperidine rings is 1. The standard InChI is InChI=1S/C33H44N6O2/c1-21(2)39-15-16-41-32-22(3)17-24(18-29(32)39)31-27(23-7-8-23)20-34-33(36-31)35-25-9-10-28(30(19-25)40-6)38-13-11-26(12-14-38)37(4)5/h9-10,17-21,23,26H,7-8,11-16H2,1-6H3,(H,34,35,36). The number of anilines is 4. The Morgan fingerprint density at radius 2 is 1.80 bits per heavy atom. The Morgan fingerprint density at radius 1 is 1.02 bits per heavy atom. The summed E-state index contributed by atoms with van der Waals surface area (Å²) < 4.78 is 12.0. The Morgan fingerprint density at radius 3 is 2.49 bits per heavy atom. The third-order valence-corrected chi connectivity index (χ3v) is 8.85. The Labute approximate surface area is 244 Å². The van der Waals surface area contributed by atoms with Crippen LogP contribution in [0.25, 0.3) is 11.3 Å². The number of aromatic nitrogens is 2. The van der Waals surface area contributed by atoms with Gasteiger partial charge in [-0.25, -0.2) is 9.97 Å². The molecule has 1 aliphatic carbocycles. The minimum absolute atomic E-state index is 0.398. The first-order valence-electron chi connectivity index (χ1n) is 15.1. The van der Waals surface area contributed by atoms with Crippen LogP contribution in [0.4, 0.5) is 23.0 Å². The van der Waals surface area contributed by atoms with E-state index in [1.165, 1.54) is 18.4 Å². The highest BCUT2D eigenvalue weighted by Crippen LogP contribution is 2.46. The minimum atomic E-state index is 0.398.